The molecule has 0 saturated carbocycles. The van der Waals surface area contributed by atoms with Crippen molar-refractivity contribution >= 4 is 40.8 Å². The highest BCUT2D eigenvalue weighted by Crippen LogP contribution is 2.25. The molecule has 176 valence electrons. The van der Waals surface area contributed by atoms with Gasteiger partial charge in [-0.3, -0.25) is 14.4 Å². The maximum absolute atomic E-state index is 12.1. The van der Waals surface area contributed by atoms with Gasteiger partial charge in [0.05, 0.1) is 6.42 Å². The van der Waals surface area contributed by atoms with E-state index in [9.17, 15) is 14.4 Å². The SMILES string of the molecule is Cc1ccc(NC(=O)COC(=O)CCC(=O)Nc2ccc(Oc3ccccc3C)cc2)cc1Cl. The van der Waals surface area contributed by atoms with Gasteiger partial charge in [-0.25, -0.2) is 0 Å². The second kappa shape index (κ2) is 11.9. The average molecular weight is 481 g/mol. The van der Waals surface area contributed by atoms with E-state index < -0.39 is 18.5 Å². The number of rotatable bonds is 9. The molecule has 0 aliphatic rings. The number of ether oxygens (including phenoxy) is 2. The van der Waals surface area contributed by atoms with Crippen LogP contribution in [0.25, 0.3) is 0 Å². The van der Waals surface area contributed by atoms with Crippen LogP contribution in [0.2, 0.25) is 5.02 Å². The predicted octanol–water partition coefficient (Wildman–Crippen LogP) is 5.65. The monoisotopic (exact) mass is 480 g/mol. The summed E-state index contributed by atoms with van der Waals surface area (Å²) in [6.07, 6.45) is -0.223. The second-order valence-corrected chi connectivity index (χ2v) is 8.02. The minimum atomic E-state index is -0.644. The standard InChI is InChI=1S/C26H25ClN2O5/c1-17-7-8-20(15-22(17)27)29-25(31)16-33-26(32)14-13-24(30)28-19-9-11-21(12-10-19)34-23-6-4-3-5-18(23)2/h3-12,15H,13-14,16H2,1-2H3,(H,28,30)(H,29,31). The fourth-order valence-corrected chi connectivity index (χ4v) is 3.11. The predicted molar refractivity (Wildman–Crippen MR) is 131 cm³/mol. The Hall–Kier alpha value is -3.84. The summed E-state index contributed by atoms with van der Waals surface area (Å²) in [6, 6.07) is 19.7. The van der Waals surface area contributed by atoms with Gasteiger partial charge in [-0.1, -0.05) is 35.9 Å². The number of hydrogen-bond donors (Lipinski definition) is 2. The highest BCUT2D eigenvalue weighted by molar-refractivity contribution is 6.31. The molecule has 0 aliphatic heterocycles. The third-order valence-electron chi connectivity index (χ3n) is 4.84. The highest BCUT2D eigenvalue weighted by atomic mass is 35.5. The molecule has 2 amide bonds. The molecule has 0 bridgehead atoms. The molecule has 8 heteroatoms. The molecular formula is C26H25ClN2O5. The summed E-state index contributed by atoms with van der Waals surface area (Å²) >= 11 is 6.02. The van der Waals surface area contributed by atoms with Crippen LogP contribution in [0.4, 0.5) is 11.4 Å². The molecule has 0 spiro atoms. The molecular weight excluding hydrogens is 456 g/mol. The number of carbonyl (C=O) groups is 3. The van der Waals surface area contributed by atoms with Gasteiger partial charge in [0.25, 0.3) is 5.91 Å². The van der Waals surface area contributed by atoms with E-state index in [1.807, 2.05) is 38.1 Å². The molecule has 0 radical (unpaired) electrons. The Morgan fingerprint density at radius 3 is 2.18 bits per heavy atom. The van der Waals surface area contributed by atoms with Crippen molar-refractivity contribution < 1.29 is 23.9 Å². The molecule has 3 rings (SSSR count). The zero-order valence-corrected chi connectivity index (χ0v) is 19.6. The van der Waals surface area contributed by atoms with Crippen LogP contribution in [0.3, 0.4) is 0 Å². The molecule has 3 aromatic rings. The normalized spacial score (nSPS) is 10.3. The van der Waals surface area contributed by atoms with Gasteiger partial charge < -0.3 is 20.1 Å². The number of carbonyl (C=O) groups excluding carboxylic acids is 3. The molecule has 0 saturated heterocycles. The van der Waals surface area contributed by atoms with Gasteiger partial charge in [0.15, 0.2) is 6.61 Å². The first-order valence-electron chi connectivity index (χ1n) is 10.6. The summed E-state index contributed by atoms with van der Waals surface area (Å²) in [7, 11) is 0. The zero-order valence-electron chi connectivity index (χ0n) is 18.9. The smallest absolute Gasteiger partial charge is 0.306 e. The summed E-state index contributed by atoms with van der Waals surface area (Å²) in [5.74, 6) is -0.0839. The first kappa shape index (κ1) is 24.8. The molecule has 0 fully saturated rings. The van der Waals surface area contributed by atoms with E-state index in [0.29, 0.717) is 22.1 Å². The Kier molecular flexibility index (Phi) is 8.65. The first-order valence-corrected chi connectivity index (χ1v) is 11.0. The molecule has 0 unspecified atom stereocenters. The Bertz CT molecular complexity index is 1180. The van der Waals surface area contributed by atoms with Gasteiger partial charge in [0.1, 0.15) is 11.5 Å². The summed E-state index contributed by atoms with van der Waals surface area (Å²) in [5.41, 5.74) is 2.98. The van der Waals surface area contributed by atoms with E-state index >= 15 is 0 Å². The quantitative estimate of drug-likeness (QED) is 0.386. The topological polar surface area (TPSA) is 93.7 Å². The Morgan fingerprint density at radius 2 is 1.47 bits per heavy atom. The van der Waals surface area contributed by atoms with Crippen molar-refractivity contribution in [2.24, 2.45) is 0 Å². The Labute approximate surface area is 203 Å². The number of anilines is 2. The van der Waals surface area contributed by atoms with Crippen molar-refractivity contribution in [1.82, 2.24) is 0 Å². The van der Waals surface area contributed by atoms with Gasteiger partial charge in [-0.2, -0.15) is 0 Å². The molecule has 0 heterocycles. The molecule has 0 aliphatic carbocycles. The zero-order chi connectivity index (χ0) is 24.5. The lowest BCUT2D eigenvalue weighted by Crippen LogP contribution is -2.21. The van der Waals surface area contributed by atoms with Crippen molar-refractivity contribution in [2.45, 2.75) is 26.7 Å². The lowest BCUT2D eigenvalue weighted by Gasteiger charge is -2.10. The summed E-state index contributed by atoms with van der Waals surface area (Å²) in [6.45, 7) is 3.36. The van der Waals surface area contributed by atoms with Crippen LogP contribution >= 0.6 is 11.6 Å². The maximum Gasteiger partial charge on any atom is 0.306 e. The van der Waals surface area contributed by atoms with Crippen LogP contribution in [0.15, 0.2) is 66.7 Å². The van der Waals surface area contributed by atoms with Gasteiger partial charge in [0, 0.05) is 22.8 Å². The number of amides is 2. The third kappa shape index (κ3) is 7.64. The Balaban J connectivity index is 1.37. The molecule has 34 heavy (non-hydrogen) atoms. The number of para-hydroxylation sites is 1. The minimum Gasteiger partial charge on any atom is -0.457 e. The molecule has 3 aromatic carbocycles. The lowest BCUT2D eigenvalue weighted by molar-refractivity contribution is -0.147. The fraction of sp³-hybridized carbons (Fsp3) is 0.192. The number of nitrogens with one attached hydrogen (secondary N) is 2. The van der Waals surface area contributed by atoms with Crippen molar-refractivity contribution in [3.05, 3.63) is 82.9 Å². The second-order valence-electron chi connectivity index (χ2n) is 7.61. The van der Waals surface area contributed by atoms with Crippen LogP contribution in [0.5, 0.6) is 11.5 Å². The summed E-state index contributed by atoms with van der Waals surface area (Å²) in [5, 5.41) is 5.83. The van der Waals surface area contributed by atoms with Crippen LogP contribution in [0, 0.1) is 13.8 Å². The molecule has 0 aromatic heterocycles. The number of aryl methyl sites for hydroxylation is 2. The van der Waals surface area contributed by atoms with Gasteiger partial charge >= 0.3 is 5.97 Å². The van der Waals surface area contributed by atoms with Gasteiger partial charge in [-0.15, -0.1) is 0 Å². The number of hydrogen-bond acceptors (Lipinski definition) is 5. The lowest BCUT2D eigenvalue weighted by atomic mass is 10.2. The van der Waals surface area contributed by atoms with E-state index in [2.05, 4.69) is 10.6 Å². The molecule has 2 N–H and O–H groups in total. The van der Waals surface area contributed by atoms with Crippen molar-refractivity contribution in [1.29, 1.82) is 0 Å². The van der Waals surface area contributed by atoms with Crippen LogP contribution < -0.4 is 15.4 Å². The fourth-order valence-electron chi connectivity index (χ4n) is 2.93. The van der Waals surface area contributed by atoms with E-state index in [1.165, 1.54) is 0 Å². The van der Waals surface area contributed by atoms with Crippen LogP contribution in [-0.2, 0) is 19.1 Å². The molecule has 0 atom stereocenters. The van der Waals surface area contributed by atoms with Crippen LogP contribution in [-0.4, -0.2) is 24.4 Å². The minimum absolute atomic E-state index is 0.0739. The molecule has 7 nitrogen and oxygen atoms in total. The largest absolute Gasteiger partial charge is 0.457 e. The number of halogens is 1. The average Bonchev–Trinajstić information content (AvgIpc) is 2.81. The van der Waals surface area contributed by atoms with Crippen molar-refractivity contribution in [3.63, 3.8) is 0 Å². The van der Waals surface area contributed by atoms with E-state index in [4.69, 9.17) is 21.1 Å². The van der Waals surface area contributed by atoms with Crippen molar-refractivity contribution in [2.75, 3.05) is 17.2 Å². The van der Waals surface area contributed by atoms with Gasteiger partial charge in [0.2, 0.25) is 5.91 Å². The summed E-state index contributed by atoms with van der Waals surface area (Å²) in [4.78, 5) is 35.9. The van der Waals surface area contributed by atoms with Gasteiger partial charge in [-0.05, 0) is 67.4 Å². The van der Waals surface area contributed by atoms with Crippen molar-refractivity contribution in [3.8, 4) is 11.5 Å². The van der Waals surface area contributed by atoms with E-state index in [-0.39, 0.29) is 18.7 Å². The third-order valence-corrected chi connectivity index (χ3v) is 5.24. The highest BCUT2D eigenvalue weighted by Gasteiger charge is 2.12. The summed E-state index contributed by atoms with van der Waals surface area (Å²) < 4.78 is 10.8. The first-order chi connectivity index (χ1) is 16.3. The number of benzene rings is 3. The maximum atomic E-state index is 12.1. The van der Waals surface area contributed by atoms with E-state index in [1.54, 1.807) is 42.5 Å². The van der Waals surface area contributed by atoms with Crippen LogP contribution in [0.1, 0.15) is 24.0 Å². The Morgan fingerprint density at radius 1 is 0.794 bits per heavy atom. The van der Waals surface area contributed by atoms with E-state index in [0.717, 1.165) is 16.9 Å². The number of esters is 1.